The molecule has 0 spiro atoms. The Labute approximate surface area is 140 Å². The van der Waals surface area contributed by atoms with Crippen LogP contribution in [-0.4, -0.2) is 39.9 Å². The molecular formula is C16H19ClN4O2. The summed E-state index contributed by atoms with van der Waals surface area (Å²) >= 11 is 6.13. The van der Waals surface area contributed by atoms with Crippen LogP contribution in [0.1, 0.15) is 19.8 Å². The Kier molecular flexibility index (Phi) is 4.02. The fraction of sp³-hybridized carbons (Fsp3) is 0.438. The standard InChI is InChI=1S/C16H19ClN4O2/c1-11(22)23-10-16(4-5-16)21(3)15-14(6-13(17)8-18-15)12-7-19-20(2)9-12/h6-9H,4-5,10H2,1-3H3. The molecule has 0 atom stereocenters. The molecule has 2 heterocycles. The summed E-state index contributed by atoms with van der Waals surface area (Å²) in [5.74, 6) is 0.549. The number of likely N-dealkylation sites (N-methyl/N-ethyl adjacent to an activating group) is 1. The van der Waals surface area contributed by atoms with Gasteiger partial charge in [-0.15, -0.1) is 0 Å². The maximum atomic E-state index is 11.1. The number of carbonyl (C=O) groups is 1. The molecule has 0 saturated heterocycles. The molecule has 1 fully saturated rings. The number of aryl methyl sites for hydroxylation is 1. The van der Waals surface area contributed by atoms with Gasteiger partial charge in [-0.25, -0.2) is 4.98 Å². The Balaban J connectivity index is 1.95. The number of rotatable bonds is 5. The molecule has 0 radical (unpaired) electrons. The highest BCUT2D eigenvalue weighted by Crippen LogP contribution is 2.45. The number of carbonyl (C=O) groups excluding carboxylic acids is 1. The van der Waals surface area contributed by atoms with Gasteiger partial charge in [0.1, 0.15) is 12.4 Å². The number of nitrogens with zero attached hydrogens (tertiary/aromatic N) is 4. The number of hydrogen-bond donors (Lipinski definition) is 0. The minimum Gasteiger partial charge on any atom is -0.463 e. The molecule has 23 heavy (non-hydrogen) atoms. The topological polar surface area (TPSA) is 60.2 Å². The molecule has 0 unspecified atom stereocenters. The maximum Gasteiger partial charge on any atom is 0.302 e. The van der Waals surface area contributed by atoms with E-state index in [1.165, 1.54) is 6.92 Å². The lowest BCUT2D eigenvalue weighted by molar-refractivity contribution is -0.141. The van der Waals surface area contributed by atoms with Crippen LogP contribution < -0.4 is 4.90 Å². The van der Waals surface area contributed by atoms with Crippen molar-refractivity contribution in [2.45, 2.75) is 25.3 Å². The zero-order chi connectivity index (χ0) is 16.6. The largest absolute Gasteiger partial charge is 0.463 e. The summed E-state index contributed by atoms with van der Waals surface area (Å²) in [4.78, 5) is 17.7. The van der Waals surface area contributed by atoms with Gasteiger partial charge < -0.3 is 9.64 Å². The van der Waals surface area contributed by atoms with Crippen LogP contribution in [0.15, 0.2) is 24.7 Å². The lowest BCUT2D eigenvalue weighted by Crippen LogP contribution is -2.39. The zero-order valence-electron chi connectivity index (χ0n) is 13.4. The molecule has 0 aromatic carbocycles. The first-order valence-corrected chi connectivity index (χ1v) is 7.81. The third kappa shape index (κ3) is 3.17. The van der Waals surface area contributed by atoms with E-state index in [2.05, 4.69) is 15.0 Å². The van der Waals surface area contributed by atoms with E-state index in [1.807, 2.05) is 26.4 Å². The van der Waals surface area contributed by atoms with Gasteiger partial charge in [0.2, 0.25) is 0 Å². The van der Waals surface area contributed by atoms with Gasteiger partial charge in [-0.05, 0) is 18.9 Å². The fourth-order valence-corrected chi connectivity index (χ4v) is 2.81. The molecule has 7 heteroatoms. The molecule has 0 bridgehead atoms. The molecule has 122 valence electrons. The number of aromatic nitrogens is 3. The van der Waals surface area contributed by atoms with Crippen LogP contribution in [0.3, 0.4) is 0 Å². The second-order valence-corrected chi connectivity index (χ2v) is 6.43. The molecule has 2 aromatic heterocycles. The monoisotopic (exact) mass is 334 g/mol. The van der Waals surface area contributed by atoms with Crippen LogP contribution >= 0.6 is 11.6 Å². The minimum atomic E-state index is -0.263. The van der Waals surface area contributed by atoms with E-state index < -0.39 is 0 Å². The van der Waals surface area contributed by atoms with E-state index in [0.717, 1.165) is 29.8 Å². The first-order chi connectivity index (χ1) is 10.9. The van der Waals surface area contributed by atoms with Crippen molar-refractivity contribution in [3.05, 3.63) is 29.7 Å². The van der Waals surface area contributed by atoms with Gasteiger partial charge in [-0.2, -0.15) is 5.10 Å². The molecule has 1 aliphatic rings. The molecule has 0 aliphatic heterocycles. The van der Waals surface area contributed by atoms with Gasteiger partial charge in [-0.1, -0.05) is 11.6 Å². The van der Waals surface area contributed by atoms with Crippen molar-refractivity contribution in [2.75, 3.05) is 18.6 Å². The molecule has 2 aromatic rings. The first-order valence-electron chi connectivity index (χ1n) is 7.43. The van der Waals surface area contributed by atoms with Crippen LogP contribution in [0.5, 0.6) is 0 Å². The van der Waals surface area contributed by atoms with Crippen molar-refractivity contribution in [3.8, 4) is 11.1 Å². The third-order valence-corrected chi connectivity index (χ3v) is 4.46. The number of pyridine rings is 1. The predicted octanol–water partition coefficient (Wildman–Crippen LogP) is 2.67. The van der Waals surface area contributed by atoms with Crippen LogP contribution in [0, 0.1) is 0 Å². The molecule has 6 nitrogen and oxygen atoms in total. The summed E-state index contributed by atoms with van der Waals surface area (Å²) in [5.41, 5.74) is 1.69. The van der Waals surface area contributed by atoms with E-state index in [9.17, 15) is 4.79 Å². The van der Waals surface area contributed by atoms with Gasteiger partial charge in [0.15, 0.2) is 0 Å². The average molecular weight is 335 g/mol. The molecule has 1 saturated carbocycles. The quantitative estimate of drug-likeness (QED) is 0.787. The number of esters is 1. The maximum absolute atomic E-state index is 11.1. The Morgan fingerprint density at radius 1 is 1.48 bits per heavy atom. The van der Waals surface area contributed by atoms with Crippen molar-refractivity contribution >= 4 is 23.4 Å². The Morgan fingerprint density at radius 2 is 2.22 bits per heavy atom. The van der Waals surface area contributed by atoms with E-state index >= 15 is 0 Å². The number of halogens is 1. The predicted molar refractivity (Wildman–Crippen MR) is 88.5 cm³/mol. The molecule has 0 amide bonds. The highest BCUT2D eigenvalue weighted by atomic mass is 35.5. The van der Waals surface area contributed by atoms with Gasteiger partial charge >= 0.3 is 5.97 Å². The van der Waals surface area contributed by atoms with Crippen LogP contribution in [0.25, 0.3) is 11.1 Å². The summed E-state index contributed by atoms with van der Waals surface area (Å²) in [6.45, 7) is 1.80. The van der Waals surface area contributed by atoms with Crippen LogP contribution in [-0.2, 0) is 16.6 Å². The van der Waals surface area contributed by atoms with E-state index in [0.29, 0.717) is 11.6 Å². The molecular weight excluding hydrogens is 316 g/mol. The Bertz CT molecular complexity index is 739. The van der Waals surface area contributed by atoms with Crippen molar-refractivity contribution in [1.82, 2.24) is 14.8 Å². The van der Waals surface area contributed by atoms with Gasteiger partial charge in [0, 0.05) is 44.5 Å². The van der Waals surface area contributed by atoms with Gasteiger partial charge in [-0.3, -0.25) is 9.48 Å². The summed E-state index contributed by atoms with van der Waals surface area (Å²) in [5, 5.41) is 4.79. The lowest BCUT2D eigenvalue weighted by Gasteiger charge is -2.30. The van der Waals surface area contributed by atoms with Gasteiger partial charge in [0.25, 0.3) is 0 Å². The SMILES string of the molecule is CC(=O)OCC1(N(C)c2ncc(Cl)cc2-c2cnn(C)c2)CC1. The third-order valence-electron chi connectivity index (χ3n) is 4.25. The van der Waals surface area contributed by atoms with E-state index in [4.69, 9.17) is 16.3 Å². The summed E-state index contributed by atoms with van der Waals surface area (Å²) in [6, 6.07) is 1.89. The van der Waals surface area contributed by atoms with Crippen molar-refractivity contribution < 1.29 is 9.53 Å². The van der Waals surface area contributed by atoms with Crippen molar-refractivity contribution in [3.63, 3.8) is 0 Å². The number of ether oxygens (including phenoxy) is 1. The second kappa shape index (κ2) is 5.85. The van der Waals surface area contributed by atoms with E-state index in [1.54, 1.807) is 17.1 Å². The minimum absolute atomic E-state index is 0.177. The highest BCUT2D eigenvalue weighted by molar-refractivity contribution is 6.30. The Hall–Kier alpha value is -2.08. The smallest absolute Gasteiger partial charge is 0.302 e. The van der Waals surface area contributed by atoms with Crippen molar-refractivity contribution in [2.24, 2.45) is 7.05 Å². The first kappa shape index (κ1) is 15.8. The normalized spacial score (nSPS) is 15.3. The van der Waals surface area contributed by atoms with Crippen LogP contribution in [0.2, 0.25) is 5.02 Å². The second-order valence-electron chi connectivity index (χ2n) is 5.99. The zero-order valence-corrected chi connectivity index (χ0v) is 14.2. The summed E-state index contributed by atoms with van der Waals surface area (Å²) < 4.78 is 6.98. The summed E-state index contributed by atoms with van der Waals surface area (Å²) in [6.07, 6.45) is 7.28. The van der Waals surface area contributed by atoms with Gasteiger partial charge in [0.05, 0.1) is 16.8 Å². The fourth-order valence-electron chi connectivity index (χ4n) is 2.65. The molecule has 0 N–H and O–H groups in total. The summed E-state index contributed by atoms with van der Waals surface area (Å²) in [7, 11) is 3.85. The van der Waals surface area contributed by atoms with Crippen molar-refractivity contribution in [1.29, 1.82) is 0 Å². The average Bonchev–Trinajstić information content (AvgIpc) is 3.19. The molecule has 1 aliphatic carbocycles. The number of hydrogen-bond acceptors (Lipinski definition) is 5. The Morgan fingerprint density at radius 3 is 2.78 bits per heavy atom. The number of anilines is 1. The highest BCUT2D eigenvalue weighted by Gasteiger charge is 2.48. The van der Waals surface area contributed by atoms with Crippen LogP contribution in [0.4, 0.5) is 5.82 Å². The van der Waals surface area contributed by atoms with E-state index in [-0.39, 0.29) is 11.5 Å². The lowest BCUT2D eigenvalue weighted by atomic mass is 10.1. The molecule has 3 rings (SSSR count).